The van der Waals surface area contributed by atoms with E-state index in [1.54, 1.807) is 23.9 Å². The number of ether oxygens (including phenoxy) is 1. The summed E-state index contributed by atoms with van der Waals surface area (Å²) in [5, 5.41) is 10.5. The fourth-order valence-corrected chi connectivity index (χ4v) is 2.00. The van der Waals surface area contributed by atoms with E-state index < -0.39 is 4.92 Å². The van der Waals surface area contributed by atoms with Crippen LogP contribution in [-0.4, -0.2) is 23.5 Å². The Hall–Kier alpha value is -1.07. The summed E-state index contributed by atoms with van der Waals surface area (Å²) < 4.78 is 5.58. The van der Waals surface area contributed by atoms with Gasteiger partial charge in [0.15, 0.2) is 0 Å². The molecule has 5 heteroatoms. The highest BCUT2D eigenvalue weighted by atomic mass is 32.2. The van der Waals surface area contributed by atoms with Gasteiger partial charge in [-0.2, -0.15) is 11.8 Å². The Morgan fingerprint density at radius 3 is 2.50 bits per heavy atom. The van der Waals surface area contributed by atoms with Gasteiger partial charge in [0.1, 0.15) is 0 Å². The molecule has 0 N–H and O–H groups in total. The Kier molecular flexibility index (Phi) is 5.28. The number of benzene rings is 1. The smallest absolute Gasteiger partial charge is 0.269 e. The molecule has 0 saturated carbocycles. The topological polar surface area (TPSA) is 52.4 Å². The Morgan fingerprint density at radius 1 is 1.44 bits per heavy atom. The highest BCUT2D eigenvalue weighted by molar-refractivity contribution is 7.98. The first-order valence-electron chi connectivity index (χ1n) is 5.04. The maximum Gasteiger partial charge on any atom is 0.269 e. The van der Waals surface area contributed by atoms with Gasteiger partial charge >= 0.3 is 0 Å². The van der Waals surface area contributed by atoms with Gasteiger partial charge in [0.05, 0.1) is 11.0 Å². The van der Waals surface area contributed by atoms with Gasteiger partial charge in [0.25, 0.3) is 5.69 Å². The summed E-state index contributed by atoms with van der Waals surface area (Å²) in [5.41, 5.74) is 1.10. The molecule has 0 saturated heterocycles. The van der Waals surface area contributed by atoms with Crippen molar-refractivity contribution in [1.29, 1.82) is 0 Å². The fraction of sp³-hybridized carbons (Fsp3) is 0.455. The maximum atomic E-state index is 10.5. The first kappa shape index (κ1) is 13.0. The second-order valence-electron chi connectivity index (χ2n) is 3.25. The summed E-state index contributed by atoms with van der Waals surface area (Å²) in [5.74, 6) is 0.853. The van der Waals surface area contributed by atoms with Gasteiger partial charge in [-0.25, -0.2) is 0 Å². The molecule has 0 aromatic heterocycles. The van der Waals surface area contributed by atoms with Crippen LogP contribution >= 0.6 is 11.8 Å². The molecule has 1 aromatic rings. The number of nitro benzene ring substituents is 1. The lowest BCUT2D eigenvalue weighted by atomic mass is 10.1. The van der Waals surface area contributed by atoms with Crippen LogP contribution in [0, 0.1) is 10.1 Å². The SMILES string of the molecule is CCOC(CSC)c1ccc([N+](=O)[O-])cc1. The van der Waals surface area contributed by atoms with Gasteiger partial charge in [-0.1, -0.05) is 0 Å². The average Bonchev–Trinajstić information content (AvgIpc) is 2.29. The second-order valence-corrected chi connectivity index (χ2v) is 4.16. The number of rotatable bonds is 6. The van der Waals surface area contributed by atoms with Crippen LogP contribution in [0.15, 0.2) is 24.3 Å². The number of thioether (sulfide) groups is 1. The molecule has 16 heavy (non-hydrogen) atoms. The highest BCUT2D eigenvalue weighted by Gasteiger charge is 2.12. The predicted molar refractivity (Wildman–Crippen MR) is 65.8 cm³/mol. The fourth-order valence-electron chi connectivity index (χ4n) is 1.40. The zero-order chi connectivity index (χ0) is 12.0. The van der Waals surface area contributed by atoms with Gasteiger partial charge in [-0.15, -0.1) is 0 Å². The molecule has 0 aliphatic heterocycles. The quantitative estimate of drug-likeness (QED) is 0.567. The van der Waals surface area contributed by atoms with Crippen molar-refractivity contribution in [3.8, 4) is 0 Å². The lowest BCUT2D eigenvalue weighted by molar-refractivity contribution is -0.384. The number of hydrogen-bond acceptors (Lipinski definition) is 4. The van der Waals surface area contributed by atoms with Crippen LogP contribution in [0.1, 0.15) is 18.6 Å². The highest BCUT2D eigenvalue weighted by Crippen LogP contribution is 2.23. The summed E-state index contributed by atoms with van der Waals surface area (Å²) >= 11 is 1.70. The van der Waals surface area contributed by atoms with Crippen molar-refractivity contribution in [2.24, 2.45) is 0 Å². The standard InChI is InChI=1S/C11H15NO3S/c1-3-15-11(8-16-2)9-4-6-10(7-5-9)12(13)14/h4-7,11H,3,8H2,1-2H3. The summed E-state index contributed by atoms with van der Waals surface area (Å²) in [6.07, 6.45) is 2.03. The largest absolute Gasteiger partial charge is 0.373 e. The van der Waals surface area contributed by atoms with E-state index in [0.29, 0.717) is 6.61 Å². The molecule has 0 heterocycles. The van der Waals surface area contributed by atoms with Gasteiger partial charge in [0.2, 0.25) is 0 Å². The molecular weight excluding hydrogens is 226 g/mol. The van der Waals surface area contributed by atoms with E-state index in [-0.39, 0.29) is 11.8 Å². The first-order valence-corrected chi connectivity index (χ1v) is 6.43. The summed E-state index contributed by atoms with van der Waals surface area (Å²) in [6, 6.07) is 6.55. The van der Waals surface area contributed by atoms with Crippen LogP contribution in [-0.2, 0) is 4.74 Å². The summed E-state index contributed by atoms with van der Waals surface area (Å²) in [7, 11) is 0. The first-order chi connectivity index (χ1) is 7.69. The maximum absolute atomic E-state index is 10.5. The van der Waals surface area contributed by atoms with Crippen LogP contribution < -0.4 is 0 Å². The number of non-ortho nitro benzene ring substituents is 1. The zero-order valence-corrected chi connectivity index (χ0v) is 10.2. The van der Waals surface area contributed by atoms with Crippen molar-refractivity contribution in [3.63, 3.8) is 0 Å². The number of hydrogen-bond donors (Lipinski definition) is 0. The lowest BCUT2D eigenvalue weighted by Gasteiger charge is -2.15. The molecular formula is C11H15NO3S. The number of nitrogens with zero attached hydrogens (tertiary/aromatic N) is 1. The van der Waals surface area contributed by atoms with Crippen molar-refractivity contribution >= 4 is 17.4 Å². The van der Waals surface area contributed by atoms with E-state index in [0.717, 1.165) is 11.3 Å². The third-order valence-corrected chi connectivity index (χ3v) is 2.80. The minimum Gasteiger partial charge on any atom is -0.373 e. The molecule has 0 aliphatic carbocycles. The van der Waals surface area contributed by atoms with Crippen LogP contribution in [0.25, 0.3) is 0 Å². The van der Waals surface area contributed by atoms with Crippen molar-refractivity contribution < 1.29 is 9.66 Å². The molecule has 0 aliphatic rings. The third kappa shape index (κ3) is 3.50. The molecule has 88 valence electrons. The van der Waals surface area contributed by atoms with Crippen molar-refractivity contribution in [2.45, 2.75) is 13.0 Å². The van der Waals surface area contributed by atoms with E-state index in [9.17, 15) is 10.1 Å². The third-order valence-electron chi connectivity index (χ3n) is 2.16. The number of nitro groups is 1. The Bertz CT molecular complexity index is 334. The minimum atomic E-state index is -0.395. The molecule has 0 amide bonds. The Morgan fingerprint density at radius 2 is 2.06 bits per heavy atom. The van der Waals surface area contributed by atoms with Crippen molar-refractivity contribution in [3.05, 3.63) is 39.9 Å². The second kappa shape index (κ2) is 6.50. The molecule has 1 rings (SSSR count). The van der Waals surface area contributed by atoms with E-state index in [1.165, 1.54) is 12.1 Å². The van der Waals surface area contributed by atoms with E-state index in [2.05, 4.69) is 0 Å². The lowest BCUT2D eigenvalue weighted by Crippen LogP contribution is -2.07. The molecule has 0 radical (unpaired) electrons. The normalized spacial score (nSPS) is 12.4. The van der Waals surface area contributed by atoms with Gasteiger partial charge in [-0.3, -0.25) is 10.1 Å². The predicted octanol–water partition coefficient (Wildman–Crippen LogP) is 3.04. The van der Waals surface area contributed by atoms with E-state index >= 15 is 0 Å². The Labute approximate surface area is 99.1 Å². The molecule has 0 spiro atoms. The minimum absolute atomic E-state index is 0.0146. The van der Waals surface area contributed by atoms with Crippen LogP contribution in [0.3, 0.4) is 0 Å². The van der Waals surface area contributed by atoms with Crippen LogP contribution in [0.2, 0.25) is 0 Å². The zero-order valence-electron chi connectivity index (χ0n) is 9.38. The van der Waals surface area contributed by atoms with Crippen molar-refractivity contribution in [1.82, 2.24) is 0 Å². The van der Waals surface area contributed by atoms with Crippen LogP contribution in [0.5, 0.6) is 0 Å². The molecule has 0 fully saturated rings. The van der Waals surface area contributed by atoms with Gasteiger partial charge < -0.3 is 4.74 Å². The van der Waals surface area contributed by atoms with E-state index in [4.69, 9.17) is 4.74 Å². The Balaban J connectivity index is 2.80. The van der Waals surface area contributed by atoms with E-state index in [1.807, 2.05) is 13.2 Å². The average molecular weight is 241 g/mol. The molecule has 0 bridgehead atoms. The molecule has 4 nitrogen and oxygen atoms in total. The summed E-state index contributed by atoms with van der Waals surface area (Å²) in [4.78, 5) is 10.1. The van der Waals surface area contributed by atoms with Gasteiger partial charge in [-0.05, 0) is 30.9 Å². The molecule has 1 aromatic carbocycles. The van der Waals surface area contributed by atoms with Crippen molar-refractivity contribution in [2.75, 3.05) is 18.6 Å². The molecule has 1 unspecified atom stereocenters. The molecule has 1 atom stereocenters. The van der Waals surface area contributed by atoms with Gasteiger partial charge in [0, 0.05) is 24.5 Å². The summed E-state index contributed by atoms with van der Waals surface area (Å²) in [6.45, 7) is 2.58. The van der Waals surface area contributed by atoms with Crippen LogP contribution in [0.4, 0.5) is 5.69 Å². The monoisotopic (exact) mass is 241 g/mol.